The molecular weight excluding hydrogens is 286 g/mol. The van der Waals surface area contributed by atoms with Gasteiger partial charge in [-0.2, -0.15) is 5.10 Å². The topological polar surface area (TPSA) is 39.1 Å². The molecular formula is C16H22ClN3O. The molecule has 2 aromatic rings. The summed E-state index contributed by atoms with van der Waals surface area (Å²) < 4.78 is 7.13. The molecule has 0 aliphatic carbocycles. The van der Waals surface area contributed by atoms with Gasteiger partial charge in [-0.25, -0.2) is 0 Å². The summed E-state index contributed by atoms with van der Waals surface area (Å²) in [6.45, 7) is 3.09. The van der Waals surface area contributed by atoms with Crippen molar-refractivity contribution in [3.8, 4) is 5.75 Å². The van der Waals surface area contributed by atoms with Crippen LogP contribution in [-0.4, -0.2) is 23.4 Å². The maximum Gasteiger partial charge on any atom is 0.119 e. The minimum absolute atomic E-state index is 0.136. The average Bonchev–Trinajstić information content (AvgIpc) is 2.83. The molecule has 0 spiro atoms. The van der Waals surface area contributed by atoms with Gasteiger partial charge in [-0.15, -0.1) is 0 Å². The van der Waals surface area contributed by atoms with E-state index in [9.17, 15) is 0 Å². The molecule has 1 unspecified atom stereocenters. The minimum Gasteiger partial charge on any atom is -0.497 e. The lowest BCUT2D eigenvalue weighted by Crippen LogP contribution is -2.26. The van der Waals surface area contributed by atoms with Crippen molar-refractivity contribution >= 4 is 11.6 Å². The Morgan fingerprint density at radius 3 is 2.86 bits per heavy atom. The third-order valence-corrected chi connectivity index (χ3v) is 3.77. The third-order valence-electron chi connectivity index (χ3n) is 3.48. The molecule has 0 fully saturated rings. The van der Waals surface area contributed by atoms with E-state index in [4.69, 9.17) is 16.3 Å². The van der Waals surface area contributed by atoms with E-state index in [1.165, 1.54) is 5.56 Å². The van der Waals surface area contributed by atoms with Gasteiger partial charge in [0.1, 0.15) is 5.75 Å². The Hall–Kier alpha value is -1.52. The fourth-order valence-corrected chi connectivity index (χ4v) is 2.73. The van der Waals surface area contributed by atoms with Crippen LogP contribution in [-0.2, 0) is 13.5 Å². The first-order valence-corrected chi connectivity index (χ1v) is 7.57. The molecule has 0 saturated heterocycles. The Kier molecular flexibility index (Phi) is 5.65. The summed E-state index contributed by atoms with van der Waals surface area (Å²) in [5.74, 6) is 0.873. The number of hydrogen-bond acceptors (Lipinski definition) is 3. The van der Waals surface area contributed by atoms with Crippen molar-refractivity contribution in [1.29, 1.82) is 0 Å². The van der Waals surface area contributed by atoms with Gasteiger partial charge < -0.3 is 10.1 Å². The maximum atomic E-state index is 6.30. The molecule has 2 rings (SSSR count). The Morgan fingerprint density at radius 2 is 2.24 bits per heavy atom. The zero-order valence-electron chi connectivity index (χ0n) is 12.8. The number of nitrogens with zero attached hydrogens (tertiary/aromatic N) is 2. The molecule has 0 radical (unpaired) electrons. The fourth-order valence-electron chi connectivity index (χ4n) is 2.43. The normalized spacial score (nSPS) is 12.4. The van der Waals surface area contributed by atoms with Crippen LogP contribution in [0.2, 0.25) is 5.02 Å². The molecule has 0 saturated carbocycles. The van der Waals surface area contributed by atoms with Gasteiger partial charge in [0.2, 0.25) is 0 Å². The van der Waals surface area contributed by atoms with Gasteiger partial charge in [0.25, 0.3) is 0 Å². The number of aryl methyl sites for hydroxylation is 1. The number of benzene rings is 1. The van der Waals surface area contributed by atoms with Gasteiger partial charge in [-0.1, -0.05) is 30.7 Å². The molecule has 21 heavy (non-hydrogen) atoms. The molecule has 1 aromatic heterocycles. The summed E-state index contributed by atoms with van der Waals surface area (Å²) in [7, 11) is 3.61. The van der Waals surface area contributed by atoms with E-state index in [1.807, 2.05) is 23.9 Å². The SMILES string of the molecule is CCCNC(Cc1cccc(OC)c1)c1c(Cl)cnn1C. The van der Waals surface area contributed by atoms with Crippen LogP contribution in [0.5, 0.6) is 5.75 Å². The first-order chi connectivity index (χ1) is 10.2. The van der Waals surface area contributed by atoms with Crippen LogP contribution in [0, 0.1) is 0 Å². The number of ether oxygens (including phenoxy) is 1. The average molecular weight is 308 g/mol. The number of nitrogens with one attached hydrogen (secondary N) is 1. The van der Waals surface area contributed by atoms with Crippen LogP contribution in [0.3, 0.4) is 0 Å². The molecule has 4 nitrogen and oxygen atoms in total. The second-order valence-corrected chi connectivity index (χ2v) is 5.47. The highest BCUT2D eigenvalue weighted by Gasteiger charge is 2.19. The predicted octanol–water partition coefficient (Wildman–Crippen LogP) is 3.37. The molecule has 0 aliphatic rings. The molecule has 1 aromatic carbocycles. The molecule has 114 valence electrons. The summed E-state index contributed by atoms with van der Waals surface area (Å²) in [4.78, 5) is 0. The molecule has 0 amide bonds. The lowest BCUT2D eigenvalue weighted by Gasteiger charge is -2.20. The van der Waals surface area contributed by atoms with Crippen molar-refractivity contribution < 1.29 is 4.74 Å². The summed E-state index contributed by atoms with van der Waals surface area (Å²) in [5.41, 5.74) is 2.23. The van der Waals surface area contributed by atoms with E-state index in [1.54, 1.807) is 13.3 Å². The zero-order valence-corrected chi connectivity index (χ0v) is 13.5. The first-order valence-electron chi connectivity index (χ1n) is 7.19. The fraction of sp³-hybridized carbons (Fsp3) is 0.438. The van der Waals surface area contributed by atoms with Crippen molar-refractivity contribution in [3.05, 3.63) is 46.7 Å². The second-order valence-electron chi connectivity index (χ2n) is 5.06. The quantitative estimate of drug-likeness (QED) is 0.852. The summed E-state index contributed by atoms with van der Waals surface area (Å²) in [6.07, 6.45) is 3.61. The standard InChI is InChI=1S/C16H22ClN3O/c1-4-8-18-15(16-14(17)11-19-20(16)2)10-12-6-5-7-13(9-12)21-3/h5-7,9,11,15,18H,4,8,10H2,1-3H3. The van der Waals surface area contributed by atoms with Gasteiger partial charge in [0.15, 0.2) is 0 Å². The molecule has 1 atom stereocenters. The zero-order chi connectivity index (χ0) is 15.2. The number of hydrogen-bond donors (Lipinski definition) is 1. The van der Waals surface area contributed by atoms with Crippen molar-refractivity contribution in [1.82, 2.24) is 15.1 Å². The van der Waals surface area contributed by atoms with Gasteiger partial charge in [0.05, 0.1) is 30.1 Å². The Labute approximate surface area is 131 Å². The largest absolute Gasteiger partial charge is 0.497 e. The van der Waals surface area contributed by atoms with E-state index in [0.29, 0.717) is 5.02 Å². The van der Waals surface area contributed by atoms with Gasteiger partial charge in [0, 0.05) is 7.05 Å². The minimum atomic E-state index is 0.136. The molecule has 5 heteroatoms. The number of methoxy groups -OCH3 is 1. The highest BCUT2D eigenvalue weighted by molar-refractivity contribution is 6.31. The van der Waals surface area contributed by atoms with E-state index in [0.717, 1.165) is 30.8 Å². The maximum absolute atomic E-state index is 6.30. The molecule has 0 bridgehead atoms. The van der Waals surface area contributed by atoms with Gasteiger partial charge in [-0.05, 0) is 37.1 Å². The summed E-state index contributed by atoms with van der Waals surface area (Å²) in [5, 5.41) is 8.50. The molecule has 0 aliphatic heterocycles. The number of aromatic nitrogens is 2. The van der Waals surface area contributed by atoms with E-state index in [2.05, 4.69) is 29.5 Å². The van der Waals surface area contributed by atoms with Gasteiger partial charge in [-0.3, -0.25) is 4.68 Å². The van der Waals surface area contributed by atoms with Crippen LogP contribution >= 0.6 is 11.6 Å². The number of rotatable bonds is 7. The van der Waals surface area contributed by atoms with E-state index in [-0.39, 0.29) is 6.04 Å². The van der Waals surface area contributed by atoms with Crippen molar-refractivity contribution in [2.75, 3.05) is 13.7 Å². The third kappa shape index (κ3) is 3.99. The van der Waals surface area contributed by atoms with Crippen molar-refractivity contribution in [2.24, 2.45) is 7.05 Å². The second kappa shape index (κ2) is 7.48. The highest BCUT2D eigenvalue weighted by atomic mass is 35.5. The Bertz CT molecular complexity index is 563. The van der Waals surface area contributed by atoms with Crippen LogP contribution < -0.4 is 10.1 Å². The Morgan fingerprint density at radius 1 is 1.43 bits per heavy atom. The van der Waals surface area contributed by atoms with Crippen molar-refractivity contribution in [2.45, 2.75) is 25.8 Å². The summed E-state index contributed by atoms with van der Waals surface area (Å²) >= 11 is 6.30. The smallest absolute Gasteiger partial charge is 0.119 e. The first kappa shape index (κ1) is 15.9. The van der Waals surface area contributed by atoms with Crippen LogP contribution in [0.1, 0.15) is 30.6 Å². The lowest BCUT2D eigenvalue weighted by atomic mass is 10.0. The number of halogens is 1. The van der Waals surface area contributed by atoms with Gasteiger partial charge >= 0.3 is 0 Å². The van der Waals surface area contributed by atoms with Crippen LogP contribution in [0.15, 0.2) is 30.5 Å². The molecule has 1 N–H and O–H groups in total. The summed E-state index contributed by atoms with van der Waals surface area (Å²) in [6, 6.07) is 8.26. The van der Waals surface area contributed by atoms with E-state index >= 15 is 0 Å². The Balaban J connectivity index is 2.24. The molecule has 1 heterocycles. The monoisotopic (exact) mass is 307 g/mol. The van der Waals surface area contributed by atoms with Crippen molar-refractivity contribution in [3.63, 3.8) is 0 Å². The van der Waals surface area contributed by atoms with Crippen LogP contribution in [0.4, 0.5) is 0 Å². The van der Waals surface area contributed by atoms with Crippen LogP contribution in [0.25, 0.3) is 0 Å². The lowest BCUT2D eigenvalue weighted by molar-refractivity contribution is 0.413. The highest BCUT2D eigenvalue weighted by Crippen LogP contribution is 2.26. The predicted molar refractivity (Wildman–Crippen MR) is 86.0 cm³/mol. The van der Waals surface area contributed by atoms with E-state index < -0.39 is 0 Å².